The standard InChI is InChI=1S/C9H8ClN3O2/c1-13-9(14)6-4-11-7(15-2)3-5(6)8(10)12-13/h3-4H,1-2H3. The smallest absolute Gasteiger partial charge is 0.276 e. The number of aromatic nitrogens is 3. The molecule has 0 saturated heterocycles. The van der Waals surface area contributed by atoms with E-state index >= 15 is 0 Å². The van der Waals surface area contributed by atoms with Crippen LogP contribution in [-0.2, 0) is 7.05 Å². The third kappa shape index (κ3) is 1.55. The van der Waals surface area contributed by atoms with Crippen molar-refractivity contribution < 1.29 is 4.74 Å². The van der Waals surface area contributed by atoms with Crippen LogP contribution >= 0.6 is 11.6 Å². The minimum Gasteiger partial charge on any atom is -0.481 e. The molecule has 0 aliphatic carbocycles. The highest BCUT2D eigenvalue weighted by Crippen LogP contribution is 2.20. The van der Waals surface area contributed by atoms with Crippen molar-refractivity contribution in [2.75, 3.05) is 7.11 Å². The molecule has 0 bridgehead atoms. The Hall–Kier alpha value is -1.62. The highest BCUT2D eigenvalue weighted by Gasteiger charge is 2.08. The molecule has 0 fully saturated rings. The Bertz CT molecular complexity index is 579. The number of hydrogen-bond donors (Lipinski definition) is 0. The van der Waals surface area contributed by atoms with E-state index in [4.69, 9.17) is 16.3 Å². The Balaban J connectivity index is 2.90. The molecular weight excluding hydrogens is 218 g/mol. The molecule has 0 N–H and O–H groups in total. The maximum atomic E-state index is 11.6. The zero-order valence-corrected chi connectivity index (χ0v) is 8.95. The molecular formula is C9H8ClN3O2. The summed E-state index contributed by atoms with van der Waals surface area (Å²) < 4.78 is 6.12. The number of pyridine rings is 1. The van der Waals surface area contributed by atoms with E-state index in [-0.39, 0.29) is 10.7 Å². The molecule has 0 amide bonds. The van der Waals surface area contributed by atoms with Crippen LogP contribution in [0.5, 0.6) is 5.88 Å². The Morgan fingerprint density at radius 2 is 2.20 bits per heavy atom. The third-order valence-corrected chi connectivity index (χ3v) is 2.35. The van der Waals surface area contributed by atoms with E-state index in [1.54, 1.807) is 6.07 Å². The number of methoxy groups -OCH3 is 1. The summed E-state index contributed by atoms with van der Waals surface area (Å²) in [7, 11) is 3.04. The zero-order chi connectivity index (χ0) is 11.0. The number of ether oxygens (including phenoxy) is 1. The fourth-order valence-corrected chi connectivity index (χ4v) is 1.56. The number of halogens is 1. The van der Waals surface area contributed by atoms with Crippen LogP contribution in [0, 0.1) is 0 Å². The van der Waals surface area contributed by atoms with Crippen LogP contribution in [-0.4, -0.2) is 21.9 Å². The molecule has 0 unspecified atom stereocenters. The minimum atomic E-state index is -0.232. The van der Waals surface area contributed by atoms with Gasteiger partial charge in [0.25, 0.3) is 5.56 Å². The van der Waals surface area contributed by atoms with Crippen LogP contribution in [0.15, 0.2) is 17.1 Å². The van der Waals surface area contributed by atoms with Crippen LogP contribution in [0.1, 0.15) is 0 Å². The highest BCUT2D eigenvalue weighted by atomic mass is 35.5. The maximum Gasteiger partial charge on any atom is 0.276 e. The van der Waals surface area contributed by atoms with Crippen LogP contribution < -0.4 is 10.3 Å². The summed E-state index contributed by atoms with van der Waals surface area (Å²) >= 11 is 5.91. The quantitative estimate of drug-likeness (QED) is 0.726. The van der Waals surface area contributed by atoms with Gasteiger partial charge in [-0.15, -0.1) is 0 Å². The molecule has 5 nitrogen and oxygen atoms in total. The average molecular weight is 226 g/mol. The summed E-state index contributed by atoms with van der Waals surface area (Å²) in [6.45, 7) is 0. The number of fused-ring (bicyclic) bond motifs is 1. The van der Waals surface area contributed by atoms with Crippen LogP contribution in [0.3, 0.4) is 0 Å². The maximum absolute atomic E-state index is 11.6. The fourth-order valence-electron chi connectivity index (χ4n) is 1.29. The summed E-state index contributed by atoms with van der Waals surface area (Å²) in [5, 5.41) is 5.10. The Morgan fingerprint density at radius 1 is 1.47 bits per heavy atom. The van der Waals surface area contributed by atoms with Gasteiger partial charge in [-0.05, 0) is 0 Å². The molecule has 0 saturated carbocycles. The van der Waals surface area contributed by atoms with E-state index in [9.17, 15) is 4.79 Å². The lowest BCUT2D eigenvalue weighted by Crippen LogP contribution is -2.19. The van der Waals surface area contributed by atoms with E-state index in [2.05, 4.69) is 10.1 Å². The molecule has 6 heteroatoms. The van der Waals surface area contributed by atoms with Crippen LogP contribution in [0.2, 0.25) is 5.15 Å². The molecule has 2 aromatic rings. The summed E-state index contributed by atoms with van der Waals surface area (Å²) in [6, 6.07) is 1.59. The van der Waals surface area contributed by atoms with Gasteiger partial charge in [0.1, 0.15) is 0 Å². The predicted molar refractivity (Wildman–Crippen MR) is 56.3 cm³/mol. The van der Waals surface area contributed by atoms with Crippen LogP contribution in [0.25, 0.3) is 10.8 Å². The van der Waals surface area contributed by atoms with Crippen molar-refractivity contribution in [3.8, 4) is 5.88 Å². The second-order valence-corrected chi connectivity index (χ2v) is 3.35. The lowest BCUT2D eigenvalue weighted by atomic mass is 10.2. The van der Waals surface area contributed by atoms with Gasteiger partial charge in [-0.1, -0.05) is 11.6 Å². The molecule has 2 aromatic heterocycles. The van der Waals surface area contributed by atoms with E-state index < -0.39 is 0 Å². The highest BCUT2D eigenvalue weighted by molar-refractivity contribution is 6.34. The first kappa shape index (κ1) is 9.92. The number of nitrogens with zero attached hydrogens (tertiary/aromatic N) is 3. The summed E-state index contributed by atoms with van der Waals surface area (Å²) in [6.07, 6.45) is 1.43. The molecule has 0 atom stereocenters. The molecule has 15 heavy (non-hydrogen) atoms. The molecule has 0 aromatic carbocycles. The lowest BCUT2D eigenvalue weighted by molar-refractivity contribution is 0.398. The van der Waals surface area contributed by atoms with Gasteiger partial charge in [-0.3, -0.25) is 4.79 Å². The number of aryl methyl sites for hydroxylation is 1. The van der Waals surface area contributed by atoms with Gasteiger partial charge < -0.3 is 4.74 Å². The molecule has 0 spiro atoms. The van der Waals surface area contributed by atoms with Crippen molar-refractivity contribution in [1.82, 2.24) is 14.8 Å². The first-order valence-electron chi connectivity index (χ1n) is 4.20. The molecule has 2 heterocycles. The van der Waals surface area contributed by atoms with Gasteiger partial charge in [0, 0.05) is 24.7 Å². The van der Waals surface area contributed by atoms with E-state index in [1.165, 1.54) is 25.0 Å². The first-order chi connectivity index (χ1) is 7.13. The second kappa shape index (κ2) is 3.51. The minimum absolute atomic E-state index is 0.232. The monoisotopic (exact) mass is 225 g/mol. The van der Waals surface area contributed by atoms with Crippen molar-refractivity contribution in [2.45, 2.75) is 0 Å². The van der Waals surface area contributed by atoms with Gasteiger partial charge in [0.05, 0.1) is 12.5 Å². The molecule has 0 aliphatic rings. The number of rotatable bonds is 1. The zero-order valence-electron chi connectivity index (χ0n) is 8.19. The van der Waals surface area contributed by atoms with E-state index in [0.29, 0.717) is 16.7 Å². The Labute approximate surface area is 90.3 Å². The fraction of sp³-hybridized carbons (Fsp3) is 0.222. The van der Waals surface area contributed by atoms with E-state index in [0.717, 1.165) is 0 Å². The lowest BCUT2D eigenvalue weighted by Gasteiger charge is -2.04. The van der Waals surface area contributed by atoms with Gasteiger partial charge in [-0.2, -0.15) is 5.10 Å². The molecule has 78 valence electrons. The van der Waals surface area contributed by atoms with Gasteiger partial charge in [0.2, 0.25) is 5.88 Å². The SMILES string of the molecule is COc1cc2c(Cl)nn(C)c(=O)c2cn1. The van der Waals surface area contributed by atoms with E-state index in [1.807, 2.05) is 0 Å². The summed E-state index contributed by atoms with van der Waals surface area (Å²) in [5.74, 6) is 0.402. The van der Waals surface area contributed by atoms with Gasteiger partial charge in [0.15, 0.2) is 5.15 Å². The van der Waals surface area contributed by atoms with Crippen molar-refractivity contribution in [2.24, 2.45) is 7.05 Å². The summed E-state index contributed by atoms with van der Waals surface area (Å²) in [4.78, 5) is 15.6. The normalized spacial score (nSPS) is 10.6. The topological polar surface area (TPSA) is 57.0 Å². The number of hydrogen-bond acceptors (Lipinski definition) is 4. The molecule has 2 rings (SSSR count). The van der Waals surface area contributed by atoms with Crippen molar-refractivity contribution in [3.05, 3.63) is 27.8 Å². The predicted octanol–water partition coefficient (Wildman–Crippen LogP) is 0.990. The van der Waals surface area contributed by atoms with Crippen molar-refractivity contribution >= 4 is 22.4 Å². The van der Waals surface area contributed by atoms with Gasteiger partial charge >= 0.3 is 0 Å². The molecule has 0 radical (unpaired) electrons. The summed E-state index contributed by atoms with van der Waals surface area (Å²) in [5.41, 5.74) is -0.232. The molecule has 0 aliphatic heterocycles. The Kier molecular flexibility index (Phi) is 2.32. The average Bonchev–Trinajstić information content (AvgIpc) is 2.25. The van der Waals surface area contributed by atoms with Gasteiger partial charge in [-0.25, -0.2) is 9.67 Å². The Morgan fingerprint density at radius 3 is 2.87 bits per heavy atom. The van der Waals surface area contributed by atoms with Crippen molar-refractivity contribution in [3.63, 3.8) is 0 Å². The first-order valence-corrected chi connectivity index (χ1v) is 4.58. The van der Waals surface area contributed by atoms with Crippen molar-refractivity contribution in [1.29, 1.82) is 0 Å². The van der Waals surface area contributed by atoms with Crippen LogP contribution in [0.4, 0.5) is 0 Å². The second-order valence-electron chi connectivity index (χ2n) is 2.99. The largest absolute Gasteiger partial charge is 0.481 e. The third-order valence-electron chi connectivity index (χ3n) is 2.07.